The monoisotopic (exact) mass is 714 g/mol. The van der Waals surface area contributed by atoms with Crippen molar-refractivity contribution in [3.8, 4) is 56.8 Å². The molecule has 4 aromatic carbocycles. The topological polar surface area (TPSA) is 192 Å². The maximum Gasteiger partial charge on any atom is 0.385 e. The number of hydrogen-bond acceptors (Lipinski definition) is 12. The summed E-state index contributed by atoms with van der Waals surface area (Å²) in [5.41, 5.74) is 4.71. The maximum absolute atomic E-state index is 8.93. The number of carbonyl (C=O) groups excluding carboxylic acids is 2. The second-order valence-electron chi connectivity index (χ2n) is 10.1. The van der Waals surface area contributed by atoms with Crippen LogP contribution in [-0.2, 0) is 9.59 Å². The molecule has 0 saturated carbocycles. The SMILES string of the molecule is CCOc1cc(OCC)c(-c2ccc([N+]#N)cc2)cc1OCC.CCOc1cc(OCC)c(-c2ccc([N+]#N)cc2)cc1OCC.O=C([O-])C(=O)[O-]. The van der Waals surface area contributed by atoms with E-state index in [0.717, 1.165) is 33.8 Å². The third-order valence-electron chi connectivity index (χ3n) is 6.65. The van der Waals surface area contributed by atoms with Crippen molar-refractivity contribution >= 4 is 23.3 Å². The van der Waals surface area contributed by atoms with Crippen molar-refractivity contribution in [2.24, 2.45) is 0 Å². The fourth-order valence-corrected chi connectivity index (χ4v) is 4.57. The van der Waals surface area contributed by atoms with E-state index in [-0.39, 0.29) is 0 Å². The Hall–Kier alpha value is -6.54. The third kappa shape index (κ3) is 12.4. The van der Waals surface area contributed by atoms with E-state index in [1.54, 1.807) is 24.3 Å². The summed E-state index contributed by atoms with van der Waals surface area (Å²) in [5.74, 6) is -0.203. The zero-order valence-corrected chi connectivity index (χ0v) is 30.0. The molecule has 0 radical (unpaired) electrons. The van der Waals surface area contributed by atoms with Gasteiger partial charge < -0.3 is 48.2 Å². The van der Waals surface area contributed by atoms with Crippen molar-refractivity contribution in [1.29, 1.82) is 10.8 Å². The Morgan fingerprint density at radius 1 is 0.462 bits per heavy atom. The van der Waals surface area contributed by atoms with Crippen molar-refractivity contribution < 1.29 is 48.2 Å². The molecule has 0 aliphatic heterocycles. The summed E-state index contributed by atoms with van der Waals surface area (Å²) in [6.45, 7) is 14.9. The predicted octanol–water partition coefficient (Wildman–Crippen LogP) is 6.55. The molecule has 4 rings (SSSR count). The van der Waals surface area contributed by atoms with E-state index in [4.69, 9.17) is 59.0 Å². The third-order valence-corrected chi connectivity index (χ3v) is 6.65. The maximum atomic E-state index is 8.93. The highest BCUT2D eigenvalue weighted by Gasteiger charge is 2.17. The molecular weight excluding hydrogens is 672 g/mol. The van der Waals surface area contributed by atoms with Crippen LogP contribution in [0.5, 0.6) is 34.5 Å². The van der Waals surface area contributed by atoms with Gasteiger partial charge in [0, 0.05) is 47.5 Å². The van der Waals surface area contributed by atoms with Crippen LogP contribution in [-0.4, -0.2) is 51.6 Å². The van der Waals surface area contributed by atoms with E-state index >= 15 is 0 Å². The summed E-state index contributed by atoms with van der Waals surface area (Å²) >= 11 is 0. The second-order valence-corrected chi connectivity index (χ2v) is 10.1. The van der Waals surface area contributed by atoms with Crippen LogP contribution in [0.1, 0.15) is 41.5 Å². The Morgan fingerprint density at radius 3 is 0.942 bits per heavy atom. The first-order valence-corrected chi connectivity index (χ1v) is 16.6. The van der Waals surface area contributed by atoms with Crippen molar-refractivity contribution in [3.05, 3.63) is 82.7 Å². The smallest absolute Gasteiger partial charge is 0.385 e. The Bertz CT molecular complexity index is 1700. The van der Waals surface area contributed by atoms with Gasteiger partial charge in [0.05, 0.1) is 51.6 Å². The lowest BCUT2D eigenvalue weighted by molar-refractivity contribution is -0.345. The van der Waals surface area contributed by atoms with Crippen LogP contribution in [0.4, 0.5) is 11.4 Å². The molecule has 0 atom stereocenters. The Morgan fingerprint density at radius 2 is 0.712 bits per heavy atom. The number of carbonyl (C=O) groups is 2. The number of carboxylic acids is 2. The van der Waals surface area contributed by atoms with Gasteiger partial charge in [-0.1, -0.05) is 0 Å². The molecule has 4 aromatic rings. The number of nitrogens with zero attached hydrogens (tertiary/aromatic N) is 4. The molecule has 52 heavy (non-hydrogen) atoms. The van der Waals surface area contributed by atoms with Crippen LogP contribution in [0, 0.1) is 10.8 Å². The highest BCUT2D eigenvalue weighted by Crippen LogP contribution is 2.42. The number of rotatable bonds is 14. The molecule has 0 bridgehead atoms. The van der Waals surface area contributed by atoms with Crippen LogP contribution in [0.3, 0.4) is 0 Å². The number of carboxylic acid groups (broad SMARTS) is 2. The van der Waals surface area contributed by atoms with Crippen LogP contribution in [0.2, 0.25) is 0 Å². The molecule has 0 saturated heterocycles. The largest absolute Gasteiger partial charge is 0.543 e. The molecule has 14 nitrogen and oxygen atoms in total. The quantitative estimate of drug-likeness (QED) is 0.101. The summed E-state index contributed by atoms with van der Waals surface area (Å²) in [4.78, 5) is 24.2. The van der Waals surface area contributed by atoms with Gasteiger partial charge in [-0.15, -0.1) is 0 Å². The van der Waals surface area contributed by atoms with Gasteiger partial charge in [-0.2, -0.15) is 0 Å². The van der Waals surface area contributed by atoms with E-state index in [1.807, 2.05) is 90.1 Å². The van der Waals surface area contributed by atoms with Crippen LogP contribution >= 0.6 is 0 Å². The van der Waals surface area contributed by atoms with Gasteiger partial charge >= 0.3 is 11.4 Å². The Labute approximate surface area is 302 Å². The fraction of sp³-hybridized carbons (Fsp3) is 0.316. The van der Waals surface area contributed by atoms with E-state index in [0.29, 0.717) is 74.0 Å². The second kappa shape index (κ2) is 22.2. The molecule has 0 aliphatic carbocycles. The van der Waals surface area contributed by atoms with Crippen LogP contribution in [0.15, 0.2) is 72.8 Å². The highest BCUT2D eigenvalue weighted by atomic mass is 16.5. The van der Waals surface area contributed by atoms with E-state index in [2.05, 4.69) is 9.95 Å². The molecule has 0 spiro atoms. The van der Waals surface area contributed by atoms with Gasteiger partial charge in [0.25, 0.3) is 0 Å². The molecular formula is C38H42N4O10. The molecule has 0 aromatic heterocycles. The Kier molecular flexibility index (Phi) is 17.8. The number of diazo groups is 2. The molecule has 0 N–H and O–H groups in total. The van der Waals surface area contributed by atoms with Crippen molar-refractivity contribution in [1.82, 2.24) is 0 Å². The average molecular weight is 715 g/mol. The standard InChI is InChI=1S/2C18H21N2O3.C2H2O4/c2*1-4-21-16-12-18(23-6-3)17(22-5-2)11-15(16)13-7-9-14(20-19)10-8-13;3-1(4)2(5)6/h2*7-12H,4-6H2,1-3H3;(H,3,4)(H,5,6)/q2*+1;/p-2. The normalized spacial score (nSPS) is 9.69. The summed E-state index contributed by atoms with van der Waals surface area (Å²) in [6.07, 6.45) is 0. The zero-order chi connectivity index (χ0) is 38.5. The van der Waals surface area contributed by atoms with Gasteiger partial charge in [-0.25, -0.2) is 0 Å². The number of benzene rings is 4. The first-order chi connectivity index (χ1) is 25.1. The van der Waals surface area contributed by atoms with Gasteiger partial charge in [0.1, 0.15) is 11.5 Å². The van der Waals surface area contributed by atoms with Gasteiger partial charge in [0.2, 0.25) is 10.8 Å². The van der Waals surface area contributed by atoms with Crippen molar-refractivity contribution in [2.75, 3.05) is 39.6 Å². The molecule has 274 valence electrons. The lowest BCUT2D eigenvalue weighted by Crippen LogP contribution is -2.42. The number of hydrogen-bond donors (Lipinski definition) is 0. The van der Waals surface area contributed by atoms with Gasteiger partial charge in [-0.05, 0) is 89.1 Å². The molecule has 0 fully saturated rings. The van der Waals surface area contributed by atoms with Gasteiger partial charge in [-0.3, -0.25) is 0 Å². The summed E-state index contributed by atoms with van der Waals surface area (Å²) < 4.78 is 34.2. The molecule has 14 heteroatoms. The fourth-order valence-electron chi connectivity index (χ4n) is 4.57. The van der Waals surface area contributed by atoms with E-state index in [1.165, 1.54) is 0 Å². The van der Waals surface area contributed by atoms with E-state index < -0.39 is 11.9 Å². The predicted molar refractivity (Wildman–Crippen MR) is 190 cm³/mol. The van der Waals surface area contributed by atoms with E-state index in [9.17, 15) is 0 Å². The first kappa shape index (κ1) is 41.6. The molecule has 0 amide bonds. The average Bonchev–Trinajstić information content (AvgIpc) is 3.15. The lowest BCUT2D eigenvalue weighted by Gasteiger charge is -2.16. The summed E-state index contributed by atoms with van der Waals surface area (Å²) in [7, 11) is 0. The minimum absolute atomic E-state index is 0.502. The van der Waals surface area contributed by atoms with Crippen LogP contribution in [0.25, 0.3) is 32.2 Å². The Balaban J connectivity index is 0.000000312. The van der Waals surface area contributed by atoms with Crippen LogP contribution < -0.4 is 38.6 Å². The summed E-state index contributed by atoms with van der Waals surface area (Å²) in [6, 6.07) is 22.0. The minimum atomic E-state index is -2.19. The molecule has 0 unspecified atom stereocenters. The molecule has 0 heterocycles. The first-order valence-electron chi connectivity index (χ1n) is 16.6. The molecule has 0 aliphatic rings. The van der Waals surface area contributed by atoms with Crippen molar-refractivity contribution in [2.45, 2.75) is 41.5 Å². The highest BCUT2D eigenvalue weighted by molar-refractivity contribution is 6.25. The number of ether oxygens (including phenoxy) is 6. The lowest BCUT2D eigenvalue weighted by atomic mass is 10.0. The van der Waals surface area contributed by atoms with Gasteiger partial charge in [0.15, 0.2) is 32.9 Å². The minimum Gasteiger partial charge on any atom is -0.543 e. The number of aliphatic carboxylic acids is 2. The van der Waals surface area contributed by atoms with Crippen molar-refractivity contribution in [3.63, 3.8) is 0 Å². The summed E-state index contributed by atoms with van der Waals surface area (Å²) in [5, 5.41) is 35.5. The zero-order valence-electron chi connectivity index (χ0n) is 30.0.